The molecule has 4 nitrogen and oxygen atoms in total. The van der Waals surface area contributed by atoms with E-state index in [1.54, 1.807) is 0 Å². The highest BCUT2D eigenvalue weighted by molar-refractivity contribution is 5.51. The maximum atomic E-state index is 5.75. The predicted octanol–water partition coefficient (Wildman–Crippen LogP) is -0.770. The average Bonchev–Trinajstić information content (AvgIpc) is 2.43. The topological polar surface area (TPSA) is 39.7 Å². The Hall–Kier alpha value is -1.13. The van der Waals surface area contributed by atoms with Crippen molar-refractivity contribution in [3.63, 3.8) is 0 Å². The van der Waals surface area contributed by atoms with Crippen LogP contribution in [0.1, 0.15) is 19.8 Å². The van der Waals surface area contributed by atoms with Crippen LogP contribution in [0.25, 0.3) is 0 Å². The van der Waals surface area contributed by atoms with Gasteiger partial charge in [-0.25, -0.2) is 0 Å². The Balaban J connectivity index is 0.00000180. The van der Waals surface area contributed by atoms with Crippen LogP contribution in [0.3, 0.4) is 0 Å². The fraction of sp³-hybridized carbons (Fsp3) is 0.571. The van der Waals surface area contributed by atoms with Crippen molar-refractivity contribution < 1.29 is 26.6 Å². The van der Waals surface area contributed by atoms with Crippen molar-refractivity contribution in [1.82, 2.24) is 5.32 Å². The van der Waals surface area contributed by atoms with Crippen molar-refractivity contribution in [2.24, 2.45) is 0 Å². The van der Waals surface area contributed by atoms with E-state index in [1.165, 1.54) is 0 Å². The van der Waals surface area contributed by atoms with Crippen LogP contribution in [-0.2, 0) is 0 Å². The fourth-order valence-electron chi connectivity index (χ4n) is 1.87. The van der Waals surface area contributed by atoms with Gasteiger partial charge in [-0.2, -0.15) is 0 Å². The summed E-state index contributed by atoms with van der Waals surface area (Å²) < 4.78 is 16.8. The van der Waals surface area contributed by atoms with Crippen LogP contribution in [0, 0.1) is 0 Å². The number of nitrogens with one attached hydrogen (secondary N) is 1. The van der Waals surface area contributed by atoms with Crippen molar-refractivity contribution in [2.45, 2.75) is 19.8 Å². The summed E-state index contributed by atoms with van der Waals surface area (Å²) in [7, 11) is 0. The van der Waals surface area contributed by atoms with Gasteiger partial charge in [-0.3, -0.25) is 0 Å². The van der Waals surface area contributed by atoms with Gasteiger partial charge in [0.2, 0.25) is 5.75 Å². The minimum absolute atomic E-state index is 0. The molecule has 0 aliphatic carbocycles. The highest BCUT2D eigenvalue weighted by atomic mass is 35.5. The SMILES string of the molecule is CCNCCCCOc1cccc2c1OCCO2.[Cl-]. The number of para-hydroxylation sites is 1. The molecule has 1 aliphatic rings. The molecule has 0 amide bonds. The molecule has 108 valence electrons. The molecule has 0 fully saturated rings. The van der Waals surface area contributed by atoms with Crippen LogP contribution in [0.5, 0.6) is 17.2 Å². The van der Waals surface area contributed by atoms with Crippen molar-refractivity contribution >= 4 is 0 Å². The normalized spacial score (nSPS) is 12.7. The fourth-order valence-corrected chi connectivity index (χ4v) is 1.87. The van der Waals surface area contributed by atoms with Crippen LogP contribution < -0.4 is 31.9 Å². The Kier molecular flexibility index (Phi) is 7.45. The van der Waals surface area contributed by atoms with Crippen molar-refractivity contribution in [1.29, 1.82) is 0 Å². The molecular formula is C14H21ClNO3-. The van der Waals surface area contributed by atoms with E-state index in [0.29, 0.717) is 19.8 Å². The summed E-state index contributed by atoms with van der Waals surface area (Å²) in [5, 5.41) is 3.30. The second-order valence-electron chi connectivity index (χ2n) is 4.19. The van der Waals surface area contributed by atoms with Gasteiger partial charge in [0.1, 0.15) is 13.2 Å². The van der Waals surface area contributed by atoms with Crippen molar-refractivity contribution in [3.8, 4) is 17.2 Å². The maximum Gasteiger partial charge on any atom is 0.203 e. The molecule has 0 saturated heterocycles. The number of rotatable bonds is 7. The quantitative estimate of drug-likeness (QED) is 0.669. The molecule has 1 N–H and O–H groups in total. The summed E-state index contributed by atoms with van der Waals surface area (Å²) in [6.07, 6.45) is 2.16. The highest BCUT2D eigenvalue weighted by Crippen LogP contribution is 2.38. The summed E-state index contributed by atoms with van der Waals surface area (Å²) in [5.41, 5.74) is 0. The third-order valence-electron chi connectivity index (χ3n) is 2.79. The maximum absolute atomic E-state index is 5.75. The molecule has 0 bridgehead atoms. The standard InChI is InChI=1S/C14H21NO3.ClH/c1-2-15-8-3-4-9-16-12-6-5-7-13-14(12)18-11-10-17-13;/h5-7,15H,2-4,8-11H2,1H3;1H/p-1. The first-order valence-corrected chi connectivity index (χ1v) is 6.64. The second kappa shape index (κ2) is 8.88. The summed E-state index contributed by atoms with van der Waals surface area (Å²) in [6.45, 7) is 6.10. The van der Waals surface area contributed by atoms with Gasteiger partial charge in [-0.05, 0) is 38.1 Å². The van der Waals surface area contributed by atoms with E-state index < -0.39 is 0 Å². The first-order valence-electron chi connectivity index (χ1n) is 6.64. The molecule has 1 aromatic carbocycles. The lowest BCUT2D eigenvalue weighted by molar-refractivity contribution is -0.00000478. The number of benzene rings is 1. The van der Waals surface area contributed by atoms with E-state index in [9.17, 15) is 0 Å². The molecule has 0 spiro atoms. The Morgan fingerprint density at radius 1 is 1.21 bits per heavy atom. The van der Waals surface area contributed by atoms with Gasteiger partial charge < -0.3 is 31.9 Å². The average molecular weight is 287 g/mol. The van der Waals surface area contributed by atoms with Crippen molar-refractivity contribution in [3.05, 3.63) is 18.2 Å². The molecular weight excluding hydrogens is 266 g/mol. The number of ether oxygens (including phenoxy) is 3. The number of unbranched alkanes of at least 4 members (excludes halogenated alkanes) is 1. The molecule has 1 aromatic rings. The van der Waals surface area contributed by atoms with Crippen LogP contribution in [-0.4, -0.2) is 32.9 Å². The van der Waals surface area contributed by atoms with Crippen LogP contribution >= 0.6 is 0 Å². The van der Waals surface area contributed by atoms with Gasteiger partial charge in [0, 0.05) is 0 Å². The van der Waals surface area contributed by atoms with Crippen LogP contribution in [0.15, 0.2) is 18.2 Å². The van der Waals surface area contributed by atoms with E-state index in [2.05, 4.69) is 12.2 Å². The number of halogens is 1. The van der Waals surface area contributed by atoms with E-state index in [-0.39, 0.29) is 12.4 Å². The first-order chi connectivity index (χ1) is 8.92. The third kappa shape index (κ3) is 4.80. The lowest BCUT2D eigenvalue weighted by Gasteiger charge is -2.20. The number of fused-ring (bicyclic) bond motifs is 1. The Morgan fingerprint density at radius 3 is 2.89 bits per heavy atom. The number of hydrogen-bond acceptors (Lipinski definition) is 4. The summed E-state index contributed by atoms with van der Waals surface area (Å²) in [6, 6.07) is 5.77. The monoisotopic (exact) mass is 286 g/mol. The molecule has 0 unspecified atom stereocenters. The highest BCUT2D eigenvalue weighted by Gasteiger charge is 2.16. The minimum Gasteiger partial charge on any atom is -1.00 e. The number of hydrogen-bond donors (Lipinski definition) is 1. The lowest BCUT2D eigenvalue weighted by atomic mass is 10.2. The Bertz CT molecular complexity index is 374. The predicted molar refractivity (Wildman–Crippen MR) is 70.7 cm³/mol. The Labute approximate surface area is 120 Å². The smallest absolute Gasteiger partial charge is 0.203 e. The van der Waals surface area contributed by atoms with Gasteiger partial charge in [0.25, 0.3) is 0 Å². The molecule has 0 atom stereocenters. The zero-order valence-electron chi connectivity index (χ0n) is 11.3. The lowest BCUT2D eigenvalue weighted by Crippen LogP contribution is -3.00. The zero-order valence-corrected chi connectivity index (χ0v) is 12.0. The van der Waals surface area contributed by atoms with Crippen LogP contribution in [0.4, 0.5) is 0 Å². The molecule has 2 rings (SSSR count). The molecule has 1 aliphatic heterocycles. The summed E-state index contributed by atoms with van der Waals surface area (Å²) in [5.74, 6) is 2.32. The summed E-state index contributed by atoms with van der Waals surface area (Å²) >= 11 is 0. The van der Waals surface area contributed by atoms with Gasteiger partial charge in [-0.15, -0.1) is 0 Å². The molecule has 0 radical (unpaired) electrons. The summed E-state index contributed by atoms with van der Waals surface area (Å²) in [4.78, 5) is 0. The van der Waals surface area contributed by atoms with E-state index >= 15 is 0 Å². The minimum atomic E-state index is 0. The Morgan fingerprint density at radius 2 is 2.05 bits per heavy atom. The van der Waals surface area contributed by atoms with Gasteiger partial charge in [-0.1, -0.05) is 13.0 Å². The largest absolute Gasteiger partial charge is 1.00 e. The molecule has 0 saturated carbocycles. The second-order valence-corrected chi connectivity index (χ2v) is 4.19. The molecule has 19 heavy (non-hydrogen) atoms. The first kappa shape index (κ1) is 15.9. The molecule has 0 aromatic heterocycles. The van der Waals surface area contributed by atoms with Gasteiger partial charge >= 0.3 is 0 Å². The zero-order chi connectivity index (χ0) is 12.6. The molecule has 1 heterocycles. The van der Waals surface area contributed by atoms with E-state index in [1.807, 2.05) is 18.2 Å². The van der Waals surface area contributed by atoms with Gasteiger partial charge in [0.05, 0.1) is 6.61 Å². The van der Waals surface area contributed by atoms with E-state index in [4.69, 9.17) is 14.2 Å². The van der Waals surface area contributed by atoms with Gasteiger partial charge in [0.15, 0.2) is 11.5 Å². The molecule has 5 heteroatoms. The van der Waals surface area contributed by atoms with E-state index in [0.717, 1.165) is 43.2 Å². The van der Waals surface area contributed by atoms with Crippen LogP contribution in [0.2, 0.25) is 0 Å². The third-order valence-corrected chi connectivity index (χ3v) is 2.79. The van der Waals surface area contributed by atoms with Crippen molar-refractivity contribution in [2.75, 3.05) is 32.9 Å².